The molecule has 0 N–H and O–H groups in total. The summed E-state index contributed by atoms with van der Waals surface area (Å²) in [7, 11) is 9.47. The van der Waals surface area contributed by atoms with E-state index in [1.54, 1.807) is 17.1 Å². The fourth-order valence-electron chi connectivity index (χ4n) is 2.25. The van der Waals surface area contributed by atoms with Gasteiger partial charge in [-0.3, -0.25) is 4.98 Å². The summed E-state index contributed by atoms with van der Waals surface area (Å²) in [5, 5.41) is 6.39. The first-order valence-corrected chi connectivity index (χ1v) is 9.18. The Labute approximate surface area is 141 Å². The molecule has 0 saturated carbocycles. The number of halogens is 2. The normalized spacial score (nSPS) is 10.6. The zero-order valence-corrected chi connectivity index (χ0v) is 13.7. The first-order valence-electron chi connectivity index (χ1n) is 6.31. The predicted octanol–water partition coefficient (Wildman–Crippen LogP) is 4.35. The molecule has 0 amide bonds. The fourth-order valence-corrected chi connectivity index (χ4v) is 2.25. The van der Waals surface area contributed by atoms with Gasteiger partial charge in [0.2, 0.25) is 0 Å². The average molecular weight is 376 g/mol. The van der Waals surface area contributed by atoms with Crippen LogP contribution in [0.2, 0.25) is 0 Å². The number of pyridine rings is 2. The van der Waals surface area contributed by atoms with Crippen LogP contribution in [0.5, 0.6) is 0 Å². The molecule has 3 heterocycles. The molecule has 0 saturated heterocycles. The number of hydrogen-bond acceptors (Lipinski definition) is 3. The largest absolute Gasteiger partial charge is 0.254 e. The minimum atomic E-state index is 0.382. The molecule has 7 heteroatoms. The van der Waals surface area contributed by atoms with Crippen LogP contribution in [0.15, 0.2) is 61.1 Å². The standard InChI is InChI=1S/C15H10N4.2ClH.Co/c1-3-11-4-5-12-6-7-13(19-10-2-9-17-19)18-15(12)14(11)16-8-1;;;/h1-10H;2*1H;/q;;;+2/p-2. The second-order valence-corrected chi connectivity index (χ2v) is 6.10. The van der Waals surface area contributed by atoms with Gasteiger partial charge in [0.25, 0.3) is 0 Å². The van der Waals surface area contributed by atoms with Crippen LogP contribution in [0, 0.1) is 0 Å². The van der Waals surface area contributed by atoms with Crippen LogP contribution in [0.4, 0.5) is 0 Å². The van der Waals surface area contributed by atoms with E-state index in [9.17, 15) is 0 Å². The van der Waals surface area contributed by atoms with Crippen LogP contribution in [0.3, 0.4) is 0 Å². The SMILES string of the molecule is [Cl][Co][Cl].c1cnc2c(c1)ccc1ccc(-n3cccn3)nc12. The van der Waals surface area contributed by atoms with E-state index in [2.05, 4.69) is 27.2 Å². The molecular weight excluding hydrogens is 366 g/mol. The van der Waals surface area contributed by atoms with Gasteiger partial charge in [-0.15, -0.1) is 0 Å². The number of rotatable bonds is 1. The molecule has 0 bridgehead atoms. The van der Waals surface area contributed by atoms with Crippen molar-refractivity contribution in [3.63, 3.8) is 0 Å². The molecule has 4 nitrogen and oxygen atoms in total. The molecule has 0 radical (unpaired) electrons. The minimum absolute atomic E-state index is 0.382. The van der Waals surface area contributed by atoms with Crippen LogP contribution in [-0.2, 0) is 12.9 Å². The maximum Gasteiger partial charge on any atom is 0.154 e. The van der Waals surface area contributed by atoms with E-state index in [-0.39, 0.29) is 0 Å². The van der Waals surface area contributed by atoms with Crippen molar-refractivity contribution < 1.29 is 12.9 Å². The van der Waals surface area contributed by atoms with Gasteiger partial charge in [-0.1, -0.05) is 18.2 Å². The van der Waals surface area contributed by atoms with Crippen molar-refractivity contribution >= 4 is 42.1 Å². The molecule has 3 aromatic heterocycles. The Bertz CT molecular complexity index is 896. The number of benzene rings is 1. The third-order valence-corrected chi connectivity index (χ3v) is 3.16. The quantitative estimate of drug-likeness (QED) is 0.464. The summed E-state index contributed by atoms with van der Waals surface area (Å²) in [6.07, 6.45) is 5.42. The Morgan fingerprint density at radius 2 is 1.59 bits per heavy atom. The van der Waals surface area contributed by atoms with Gasteiger partial charge < -0.3 is 0 Å². The van der Waals surface area contributed by atoms with Crippen LogP contribution in [0.1, 0.15) is 0 Å². The molecule has 0 aliphatic carbocycles. The van der Waals surface area contributed by atoms with E-state index in [1.165, 1.54) is 0 Å². The molecule has 4 rings (SSSR count). The second kappa shape index (κ2) is 7.06. The summed E-state index contributed by atoms with van der Waals surface area (Å²) in [5.74, 6) is 0.802. The topological polar surface area (TPSA) is 43.6 Å². The second-order valence-electron chi connectivity index (χ2n) is 4.38. The molecular formula is C15H10Cl2CoN4. The van der Waals surface area contributed by atoms with Crippen molar-refractivity contribution in [1.82, 2.24) is 19.7 Å². The Balaban J connectivity index is 0.000000446. The number of aromatic nitrogens is 4. The van der Waals surface area contributed by atoms with E-state index in [4.69, 9.17) is 20.3 Å². The first-order chi connectivity index (χ1) is 10.8. The molecule has 0 spiro atoms. The van der Waals surface area contributed by atoms with Gasteiger partial charge in [0.05, 0.1) is 11.0 Å². The fraction of sp³-hybridized carbons (Fsp3) is 0. The Morgan fingerprint density at radius 3 is 2.32 bits per heavy atom. The summed E-state index contributed by atoms with van der Waals surface area (Å²) in [4.78, 5) is 9.12. The molecule has 1 aromatic carbocycles. The van der Waals surface area contributed by atoms with E-state index < -0.39 is 0 Å². The van der Waals surface area contributed by atoms with Gasteiger partial charge in [-0.2, -0.15) is 5.10 Å². The van der Waals surface area contributed by atoms with Crippen molar-refractivity contribution in [2.24, 2.45) is 0 Å². The summed E-state index contributed by atoms with van der Waals surface area (Å²) >= 11 is 0.382. The van der Waals surface area contributed by atoms with Crippen LogP contribution in [0.25, 0.3) is 27.6 Å². The van der Waals surface area contributed by atoms with Gasteiger partial charge in [0.15, 0.2) is 5.82 Å². The maximum absolute atomic E-state index is 4.73. The molecule has 0 aliphatic heterocycles. The zero-order valence-electron chi connectivity index (χ0n) is 11.2. The predicted molar refractivity (Wildman–Crippen MR) is 85.9 cm³/mol. The van der Waals surface area contributed by atoms with Crippen molar-refractivity contribution in [3.05, 3.63) is 61.1 Å². The number of hydrogen-bond donors (Lipinski definition) is 0. The van der Waals surface area contributed by atoms with Gasteiger partial charge in [-0.25, -0.2) is 9.67 Å². The molecule has 0 fully saturated rings. The summed E-state index contributed by atoms with van der Waals surface area (Å²) in [5.41, 5.74) is 1.83. The van der Waals surface area contributed by atoms with Gasteiger partial charge in [0.1, 0.15) is 0 Å². The maximum atomic E-state index is 4.73. The van der Waals surface area contributed by atoms with E-state index >= 15 is 0 Å². The summed E-state index contributed by atoms with van der Waals surface area (Å²) in [6, 6.07) is 14.0. The van der Waals surface area contributed by atoms with E-state index in [0.29, 0.717) is 12.9 Å². The molecule has 0 aliphatic rings. The van der Waals surface area contributed by atoms with Crippen molar-refractivity contribution in [1.29, 1.82) is 0 Å². The van der Waals surface area contributed by atoms with Crippen LogP contribution >= 0.6 is 20.3 Å². The molecule has 113 valence electrons. The van der Waals surface area contributed by atoms with E-state index in [0.717, 1.165) is 27.6 Å². The van der Waals surface area contributed by atoms with Gasteiger partial charge in [0, 0.05) is 29.4 Å². The molecule has 0 unspecified atom stereocenters. The smallest absolute Gasteiger partial charge is 0.154 e. The Morgan fingerprint density at radius 1 is 0.864 bits per heavy atom. The first kappa shape index (κ1) is 15.2. The monoisotopic (exact) mass is 375 g/mol. The summed E-state index contributed by atoms with van der Waals surface area (Å²) < 4.78 is 1.75. The summed E-state index contributed by atoms with van der Waals surface area (Å²) in [6.45, 7) is 0. The van der Waals surface area contributed by atoms with Gasteiger partial charge >= 0.3 is 33.2 Å². The number of fused-ring (bicyclic) bond motifs is 3. The third-order valence-electron chi connectivity index (χ3n) is 3.16. The average Bonchev–Trinajstić information content (AvgIpc) is 3.09. The molecule has 4 aromatic rings. The minimum Gasteiger partial charge on any atom is -0.254 e. The zero-order chi connectivity index (χ0) is 15.4. The molecule has 22 heavy (non-hydrogen) atoms. The van der Waals surface area contributed by atoms with Gasteiger partial charge in [-0.05, 0) is 24.3 Å². The van der Waals surface area contributed by atoms with Crippen LogP contribution < -0.4 is 0 Å². The van der Waals surface area contributed by atoms with Crippen molar-refractivity contribution in [2.75, 3.05) is 0 Å². The Hall–Kier alpha value is -1.66. The van der Waals surface area contributed by atoms with Crippen molar-refractivity contribution in [3.8, 4) is 5.82 Å². The number of nitrogens with zero attached hydrogens (tertiary/aromatic N) is 4. The van der Waals surface area contributed by atoms with Crippen LogP contribution in [-0.4, -0.2) is 19.7 Å². The van der Waals surface area contributed by atoms with Crippen molar-refractivity contribution in [2.45, 2.75) is 0 Å². The third kappa shape index (κ3) is 3.07. The molecule has 0 atom stereocenters. The van der Waals surface area contributed by atoms with E-state index in [1.807, 2.05) is 36.5 Å². The Kier molecular flexibility index (Phi) is 4.89.